The molecule has 98 valence electrons. The first kappa shape index (κ1) is 12.7. The van der Waals surface area contributed by atoms with Crippen molar-refractivity contribution in [1.82, 2.24) is 19.6 Å². The molecule has 19 heavy (non-hydrogen) atoms. The fraction of sp³-hybridized carbons (Fsp3) is 0.286. The highest BCUT2D eigenvalue weighted by molar-refractivity contribution is 14.1. The van der Waals surface area contributed by atoms with Gasteiger partial charge in [-0.25, -0.2) is 0 Å². The fourth-order valence-electron chi connectivity index (χ4n) is 2.38. The predicted octanol–water partition coefficient (Wildman–Crippen LogP) is 3.04. The van der Waals surface area contributed by atoms with Gasteiger partial charge in [0.25, 0.3) is 0 Å². The molecule has 0 aliphatic rings. The van der Waals surface area contributed by atoms with Crippen molar-refractivity contribution in [2.24, 2.45) is 7.05 Å². The van der Waals surface area contributed by atoms with Crippen LogP contribution in [0.1, 0.15) is 17.1 Å². The summed E-state index contributed by atoms with van der Waals surface area (Å²) in [6.07, 6.45) is 0. The van der Waals surface area contributed by atoms with Gasteiger partial charge in [0.1, 0.15) is 0 Å². The lowest BCUT2D eigenvalue weighted by molar-refractivity contribution is 0.634. The van der Waals surface area contributed by atoms with Gasteiger partial charge in [-0.15, -0.1) is 0 Å². The molecular weight excluding hydrogens is 351 g/mol. The molecule has 0 saturated heterocycles. The van der Waals surface area contributed by atoms with E-state index in [4.69, 9.17) is 0 Å². The van der Waals surface area contributed by atoms with Crippen molar-refractivity contribution in [1.29, 1.82) is 0 Å². The minimum absolute atomic E-state index is 0.719. The van der Waals surface area contributed by atoms with Crippen LogP contribution in [-0.2, 0) is 13.6 Å². The second-order valence-electron chi connectivity index (χ2n) is 4.73. The van der Waals surface area contributed by atoms with Crippen molar-refractivity contribution in [3.63, 3.8) is 0 Å². The number of halogens is 1. The number of hydrogen-bond donors (Lipinski definition) is 0. The molecular formula is C14H15IN4. The van der Waals surface area contributed by atoms with Gasteiger partial charge in [0, 0.05) is 18.1 Å². The van der Waals surface area contributed by atoms with Crippen LogP contribution in [0.5, 0.6) is 0 Å². The summed E-state index contributed by atoms with van der Waals surface area (Å²) in [5.74, 6) is 0. The third-order valence-corrected chi connectivity index (χ3v) is 4.99. The molecule has 1 aromatic carbocycles. The largest absolute Gasteiger partial charge is 0.268 e. The highest BCUT2D eigenvalue weighted by Gasteiger charge is 2.13. The number of rotatable bonds is 2. The Hall–Kier alpha value is -1.37. The molecule has 4 nitrogen and oxygen atoms in total. The third kappa shape index (κ3) is 2.05. The fourth-order valence-corrected chi connectivity index (χ4v) is 2.76. The lowest BCUT2D eigenvalue weighted by Gasteiger charge is -2.02. The number of hydrogen-bond acceptors (Lipinski definition) is 2. The molecule has 0 aliphatic carbocycles. The standard InChI is InChI=1S/C14H15IN4/c1-9-14(15)10(2)19(16-9)8-12-11-6-4-5-7-13(11)18(3)17-12/h4-7H,8H2,1-3H3. The van der Waals surface area contributed by atoms with E-state index in [1.165, 1.54) is 14.7 Å². The zero-order chi connectivity index (χ0) is 13.6. The first-order valence-corrected chi connectivity index (χ1v) is 7.26. The molecule has 5 heteroatoms. The van der Waals surface area contributed by atoms with Crippen LogP contribution in [0.25, 0.3) is 10.9 Å². The second-order valence-corrected chi connectivity index (χ2v) is 5.81. The Balaban J connectivity index is 2.08. The van der Waals surface area contributed by atoms with Crippen molar-refractivity contribution in [3.05, 3.63) is 44.9 Å². The van der Waals surface area contributed by atoms with E-state index in [0.29, 0.717) is 0 Å². The molecule has 0 spiro atoms. The summed E-state index contributed by atoms with van der Waals surface area (Å²) in [5, 5.41) is 10.4. The minimum atomic E-state index is 0.719. The zero-order valence-corrected chi connectivity index (χ0v) is 13.3. The number of aryl methyl sites for hydroxylation is 2. The molecule has 2 aromatic heterocycles. The van der Waals surface area contributed by atoms with Crippen LogP contribution >= 0.6 is 22.6 Å². The Bertz CT molecular complexity index is 754. The monoisotopic (exact) mass is 366 g/mol. The molecule has 2 heterocycles. The summed E-state index contributed by atoms with van der Waals surface area (Å²) in [5.41, 5.74) is 4.51. The molecule has 0 aliphatic heterocycles. The van der Waals surface area contributed by atoms with Crippen molar-refractivity contribution >= 4 is 33.5 Å². The van der Waals surface area contributed by atoms with Gasteiger partial charge in [0.2, 0.25) is 0 Å². The Kier molecular flexibility index (Phi) is 3.08. The van der Waals surface area contributed by atoms with E-state index in [1.807, 2.05) is 29.4 Å². The van der Waals surface area contributed by atoms with Crippen molar-refractivity contribution in [2.75, 3.05) is 0 Å². The molecule has 0 fully saturated rings. The molecule has 3 aromatic rings. The van der Waals surface area contributed by atoms with Gasteiger partial charge in [-0.1, -0.05) is 18.2 Å². The van der Waals surface area contributed by atoms with Gasteiger partial charge < -0.3 is 0 Å². The summed E-state index contributed by atoms with van der Waals surface area (Å²) in [6.45, 7) is 4.87. The molecule has 0 bridgehead atoms. The second kappa shape index (κ2) is 4.63. The van der Waals surface area contributed by atoms with Crippen molar-refractivity contribution in [3.8, 4) is 0 Å². The van der Waals surface area contributed by atoms with E-state index in [0.717, 1.165) is 23.4 Å². The molecule has 3 rings (SSSR count). The number of aromatic nitrogens is 4. The van der Waals surface area contributed by atoms with Crippen LogP contribution in [0.4, 0.5) is 0 Å². The minimum Gasteiger partial charge on any atom is -0.268 e. The summed E-state index contributed by atoms with van der Waals surface area (Å²) in [6, 6.07) is 8.31. The van der Waals surface area contributed by atoms with Crippen molar-refractivity contribution < 1.29 is 0 Å². The summed E-state index contributed by atoms with van der Waals surface area (Å²) >= 11 is 2.35. The number of benzene rings is 1. The van der Waals surface area contributed by atoms with E-state index in [1.54, 1.807) is 0 Å². The zero-order valence-electron chi connectivity index (χ0n) is 11.2. The first-order chi connectivity index (χ1) is 9.08. The van der Waals surface area contributed by atoms with Crippen LogP contribution in [0.2, 0.25) is 0 Å². The number of para-hydroxylation sites is 1. The maximum atomic E-state index is 4.62. The Labute approximate surface area is 125 Å². The molecule has 0 saturated carbocycles. The number of nitrogens with zero attached hydrogens (tertiary/aromatic N) is 4. The maximum Gasteiger partial charge on any atom is 0.0918 e. The lowest BCUT2D eigenvalue weighted by Crippen LogP contribution is -2.05. The van der Waals surface area contributed by atoms with E-state index >= 15 is 0 Å². The Morgan fingerprint density at radius 1 is 1.16 bits per heavy atom. The SMILES string of the molecule is Cc1nn(Cc2nn(C)c3ccccc23)c(C)c1I. The highest BCUT2D eigenvalue weighted by atomic mass is 127. The van der Waals surface area contributed by atoms with E-state index in [-0.39, 0.29) is 0 Å². The van der Waals surface area contributed by atoms with E-state index in [9.17, 15) is 0 Å². The van der Waals surface area contributed by atoms with Crippen LogP contribution in [-0.4, -0.2) is 19.6 Å². The van der Waals surface area contributed by atoms with Gasteiger partial charge in [-0.2, -0.15) is 10.2 Å². The molecule has 0 N–H and O–H groups in total. The van der Waals surface area contributed by atoms with Crippen molar-refractivity contribution in [2.45, 2.75) is 20.4 Å². The van der Waals surface area contributed by atoms with Crippen LogP contribution in [0.15, 0.2) is 24.3 Å². The van der Waals surface area contributed by atoms with Gasteiger partial charge in [0.05, 0.1) is 27.0 Å². The third-order valence-electron chi connectivity index (χ3n) is 3.43. The van der Waals surface area contributed by atoms with Gasteiger partial charge >= 0.3 is 0 Å². The molecule has 0 atom stereocenters. The molecule has 0 unspecified atom stereocenters. The van der Waals surface area contributed by atoms with E-state index in [2.05, 4.69) is 57.9 Å². The Morgan fingerprint density at radius 3 is 2.58 bits per heavy atom. The molecule has 0 amide bonds. The average molecular weight is 366 g/mol. The van der Waals surface area contributed by atoms with Gasteiger partial charge in [0.15, 0.2) is 0 Å². The molecule has 0 radical (unpaired) electrons. The quantitative estimate of drug-likeness (QED) is 0.654. The topological polar surface area (TPSA) is 35.6 Å². The van der Waals surface area contributed by atoms with Gasteiger partial charge in [-0.3, -0.25) is 9.36 Å². The summed E-state index contributed by atoms with van der Waals surface area (Å²) < 4.78 is 5.20. The summed E-state index contributed by atoms with van der Waals surface area (Å²) in [4.78, 5) is 0. The maximum absolute atomic E-state index is 4.62. The van der Waals surface area contributed by atoms with E-state index < -0.39 is 0 Å². The average Bonchev–Trinajstić information content (AvgIpc) is 2.84. The van der Waals surface area contributed by atoms with Crippen LogP contribution in [0.3, 0.4) is 0 Å². The Morgan fingerprint density at radius 2 is 1.89 bits per heavy atom. The first-order valence-electron chi connectivity index (χ1n) is 6.18. The van der Waals surface area contributed by atoms with Crippen LogP contribution in [0, 0.1) is 17.4 Å². The normalized spacial score (nSPS) is 11.4. The number of fused-ring (bicyclic) bond motifs is 1. The summed E-state index contributed by atoms with van der Waals surface area (Å²) in [7, 11) is 1.98. The lowest BCUT2D eigenvalue weighted by atomic mass is 10.2. The van der Waals surface area contributed by atoms with Gasteiger partial charge in [-0.05, 0) is 42.5 Å². The highest BCUT2D eigenvalue weighted by Crippen LogP contribution is 2.21. The predicted molar refractivity (Wildman–Crippen MR) is 84.2 cm³/mol. The smallest absolute Gasteiger partial charge is 0.0918 e. The van der Waals surface area contributed by atoms with Crippen LogP contribution < -0.4 is 0 Å².